The van der Waals surface area contributed by atoms with Gasteiger partial charge in [-0.15, -0.1) is 0 Å². The average Bonchev–Trinajstić information content (AvgIpc) is 2.89. The minimum absolute atomic E-state index is 0.128. The Balaban J connectivity index is 1.83. The van der Waals surface area contributed by atoms with Crippen molar-refractivity contribution in [2.75, 3.05) is 7.11 Å². The second-order valence-corrected chi connectivity index (χ2v) is 3.95. The Labute approximate surface area is 110 Å². The van der Waals surface area contributed by atoms with E-state index in [0.29, 0.717) is 12.4 Å². The number of carbonyl (C=O) groups is 1. The zero-order valence-electron chi connectivity index (χ0n) is 10.5. The van der Waals surface area contributed by atoms with E-state index in [0.717, 1.165) is 11.3 Å². The van der Waals surface area contributed by atoms with Crippen LogP contribution in [0.3, 0.4) is 0 Å². The Morgan fingerprint density at radius 3 is 2.58 bits per heavy atom. The van der Waals surface area contributed by atoms with Crippen LogP contribution >= 0.6 is 0 Å². The van der Waals surface area contributed by atoms with E-state index in [2.05, 4.69) is 0 Å². The fourth-order valence-electron chi connectivity index (χ4n) is 1.56. The molecule has 0 aliphatic carbocycles. The molecule has 5 heteroatoms. The number of aromatic carboxylic acids is 1. The predicted molar refractivity (Wildman–Crippen MR) is 67.2 cm³/mol. The fraction of sp³-hybridized carbons (Fsp3) is 0.214. The molecule has 1 heterocycles. The van der Waals surface area contributed by atoms with Crippen molar-refractivity contribution in [2.45, 2.75) is 13.2 Å². The van der Waals surface area contributed by atoms with E-state index in [4.69, 9.17) is 19.0 Å². The number of rotatable bonds is 6. The van der Waals surface area contributed by atoms with Crippen molar-refractivity contribution in [3.05, 3.63) is 53.5 Å². The molecule has 1 N–H and O–H groups in total. The molecule has 0 aliphatic heterocycles. The summed E-state index contributed by atoms with van der Waals surface area (Å²) in [6.45, 7) is 0.659. The highest BCUT2D eigenvalue weighted by Gasteiger charge is 2.08. The largest absolute Gasteiger partial charge is 0.497 e. The van der Waals surface area contributed by atoms with Gasteiger partial charge in [0.05, 0.1) is 19.3 Å². The van der Waals surface area contributed by atoms with Crippen LogP contribution in [-0.2, 0) is 18.0 Å². The first-order chi connectivity index (χ1) is 9.19. The number of furan rings is 1. The lowest BCUT2D eigenvalue weighted by atomic mass is 10.2. The molecular formula is C14H14O5. The van der Waals surface area contributed by atoms with E-state index in [1.54, 1.807) is 7.11 Å². The summed E-state index contributed by atoms with van der Waals surface area (Å²) in [6.07, 6.45) is 1.20. The summed E-state index contributed by atoms with van der Waals surface area (Å²) >= 11 is 0. The van der Waals surface area contributed by atoms with Crippen LogP contribution in [0.15, 0.2) is 41.0 Å². The smallest absolute Gasteiger partial charge is 0.338 e. The third-order valence-corrected chi connectivity index (χ3v) is 2.57. The molecule has 1 aromatic carbocycles. The van der Waals surface area contributed by atoms with Gasteiger partial charge in [-0.05, 0) is 23.8 Å². The molecule has 0 saturated heterocycles. The predicted octanol–water partition coefficient (Wildman–Crippen LogP) is 2.70. The van der Waals surface area contributed by atoms with Gasteiger partial charge in [-0.3, -0.25) is 0 Å². The summed E-state index contributed by atoms with van der Waals surface area (Å²) in [4.78, 5) is 10.7. The lowest BCUT2D eigenvalue weighted by Crippen LogP contribution is -1.94. The monoisotopic (exact) mass is 262 g/mol. The molecule has 0 amide bonds. The summed E-state index contributed by atoms with van der Waals surface area (Å²) in [5.41, 5.74) is 1.13. The van der Waals surface area contributed by atoms with E-state index in [-0.39, 0.29) is 12.2 Å². The lowest BCUT2D eigenvalue weighted by molar-refractivity contribution is 0.0696. The van der Waals surface area contributed by atoms with Crippen LogP contribution in [0.2, 0.25) is 0 Å². The molecule has 0 saturated carbocycles. The SMILES string of the molecule is COc1ccc(COCc2cc(C(=O)O)co2)cc1. The van der Waals surface area contributed by atoms with Crippen molar-refractivity contribution in [1.82, 2.24) is 0 Å². The molecule has 0 aliphatic rings. The van der Waals surface area contributed by atoms with E-state index in [1.807, 2.05) is 24.3 Å². The molecule has 100 valence electrons. The Hall–Kier alpha value is -2.27. The molecule has 5 nitrogen and oxygen atoms in total. The number of benzene rings is 1. The highest BCUT2D eigenvalue weighted by atomic mass is 16.5. The molecule has 19 heavy (non-hydrogen) atoms. The van der Waals surface area contributed by atoms with E-state index in [1.165, 1.54) is 12.3 Å². The number of ether oxygens (including phenoxy) is 2. The molecular weight excluding hydrogens is 248 g/mol. The molecule has 2 rings (SSSR count). The Morgan fingerprint density at radius 1 is 1.26 bits per heavy atom. The van der Waals surface area contributed by atoms with Crippen molar-refractivity contribution in [2.24, 2.45) is 0 Å². The number of methoxy groups -OCH3 is 1. The van der Waals surface area contributed by atoms with Crippen LogP contribution in [0, 0.1) is 0 Å². The highest BCUT2D eigenvalue weighted by molar-refractivity contribution is 5.87. The van der Waals surface area contributed by atoms with Gasteiger partial charge in [-0.25, -0.2) is 4.79 Å². The van der Waals surface area contributed by atoms with Crippen LogP contribution in [0.4, 0.5) is 0 Å². The van der Waals surface area contributed by atoms with Crippen LogP contribution < -0.4 is 4.74 Å². The van der Waals surface area contributed by atoms with Gasteiger partial charge in [0.25, 0.3) is 0 Å². The van der Waals surface area contributed by atoms with Gasteiger partial charge in [0.15, 0.2) is 0 Å². The van der Waals surface area contributed by atoms with E-state index < -0.39 is 5.97 Å². The van der Waals surface area contributed by atoms with Gasteiger partial charge in [0.2, 0.25) is 0 Å². The first kappa shape index (κ1) is 13.2. The molecule has 0 spiro atoms. The van der Waals surface area contributed by atoms with Crippen molar-refractivity contribution < 1.29 is 23.8 Å². The first-order valence-electron chi connectivity index (χ1n) is 5.70. The number of carboxylic acids is 1. The zero-order valence-corrected chi connectivity index (χ0v) is 10.5. The molecule has 1 aromatic heterocycles. The Kier molecular flexibility index (Phi) is 4.20. The van der Waals surface area contributed by atoms with Crippen LogP contribution in [0.25, 0.3) is 0 Å². The van der Waals surface area contributed by atoms with Crippen LogP contribution in [-0.4, -0.2) is 18.2 Å². The average molecular weight is 262 g/mol. The van der Waals surface area contributed by atoms with Crippen molar-refractivity contribution in [3.63, 3.8) is 0 Å². The van der Waals surface area contributed by atoms with E-state index >= 15 is 0 Å². The van der Waals surface area contributed by atoms with Gasteiger partial charge in [-0.2, -0.15) is 0 Å². The lowest BCUT2D eigenvalue weighted by Gasteiger charge is -2.04. The van der Waals surface area contributed by atoms with Crippen molar-refractivity contribution in [1.29, 1.82) is 0 Å². The number of hydrogen-bond acceptors (Lipinski definition) is 4. The molecule has 0 atom stereocenters. The summed E-state index contributed by atoms with van der Waals surface area (Å²) in [7, 11) is 1.61. The van der Waals surface area contributed by atoms with Gasteiger partial charge >= 0.3 is 5.97 Å². The van der Waals surface area contributed by atoms with Crippen LogP contribution in [0.5, 0.6) is 5.75 Å². The third-order valence-electron chi connectivity index (χ3n) is 2.57. The second-order valence-electron chi connectivity index (χ2n) is 3.95. The minimum Gasteiger partial charge on any atom is -0.497 e. The highest BCUT2D eigenvalue weighted by Crippen LogP contribution is 2.13. The number of hydrogen-bond donors (Lipinski definition) is 1. The summed E-state index contributed by atoms with van der Waals surface area (Å²) in [6, 6.07) is 8.98. The van der Waals surface area contributed by atoms with Gasteiger partial charge in [-0.1, -0.05) is 12.1 Å². The third kappa shape index (κ3) is 3.59. The maximum absolute atomic E-state index is 10.7. The standard InChI is InChI=1S/C14H14O5/c1-17-12-4-2-10(3-5-12)7-18-9-13-6-11(8-19-13)14(15)16/h2-6,8H,7,9H2,1H3,(H,15,16). The van der Waals surface area contributed by atoms with E-state index in [9.17, 15) is 4.79 Å². The van der Waals surface area contributed by atoms with Gasteiger partial charge in [0, 0.05) is 0 Å². The van der Waals surface area contributed by atoms with Crippen LogP contribution in [0.1, 0.15) is 21.7 Å². The summed E-state index contributed by atoms with van der Waals surface area (Å²) < 4.78 is 15.6. The molecule has 2 aromatic rings. The summed E-state index contributed by atoms with van der Waals surface area (Å²) in [5, 5.41) is 8.74. The first-order valence-corrected chi connectivity index (χ1v) is 5.70. The molecule has 0 unspecified atom stereocenters. The number of carboxylic acid groups (broad SMARTS) is 1. The maximum atomic E-state index is 10.7. The van der Waals surface area contributed by atoms with Crippen molar-refractivity contribution in [3.8, 4) is 5.75 Å². The topological polar surface area (TPSA) is 68.9 Å². The molecule has 0 bridgehead atoms. The Morgan fingerprint density at radius 2 is 2.00 bits per heavy atom. The normalized spacial score (nSPS) is 10.4. The zero-order chi connectivity index (χ0) is 13.7. The van der Waals surface area contributed by atoms with Gasteiger partial charge < -0.3 is 19.0 Å². The second kappa shape index (κ2) is 6.06. The molecule has 0 radical (unpaired) electrons. The van der Waals surface area contributed by atoms with Crippen molar-refractivity contribution >= 4 is 5.97 Å². The maximum Gasteiger partial charge on any atom is 0.338 e. The quantitative estimate of drug-likeness (QED) is 0.866. The molecule has 0 fully saturated rings. The Bertz CT molecular complexity index is 541. The van der Waals surface area contributed by atoms with Gasteiger partial charge in [0.1, 0.15) is 24.4 Å². The fourth-order valence-corrected chi connectivity index (χ4v) is 1.56. The summed E-state index contributed by atoms with van der Waals surface area (Å²) in [5.74, 6) is 0.275. The minimum atomic E-state index is -1.01.